The lowest BCUT2D eigenvalue weighted by Gasteiger charge is -2.09. The molecule has 1 nitrogen and oxygen atoms in total. The number of halogens is 2. The molecule has 0 bridgehead atoms. The minimum atomic E-state index is -0.445. The van der Waals surface area contributed by atoms with Crippen molar-refractivity contribution in [2.24, 2.45) is 5.73 Å². The minimum absolute atomic E-state index is 0.141. The molecule has 1 aromatic carbocycles. The van der Waals surface area contributed by atoms with Crippen LogP contribution in [0.2, 0.25) is 5.02 Å². The van der Waals surface area contributed by atoms with Gasteiger partial charge in [0.05, 0.1) is 5.02 Å². The maximum atomic E-state index is 13.2. The Balaban J connectivity index is 2.55. The quantitative estimate of drug-likeness (QED) is 0.774. The van der Waals surface area contributed by atoms with Gasteiger partial charge in [-0.3, -0.25) is 0 Å². The van der Waals surface area contributed by atoms with Crippen LogP contribution in [0.5, 0.6) is 0 Å². The molecule has 0 aliphatic rings. The Morgan fingerprint density at radius 3 is 2.75 bits per heavy atom. The van der Waals surface area contributed by atoms with Crippen LogP contribution in [0.1, 0.15) is 31.7 Å². The predicted molar refractivity (Wildman–Crippen MR) is 69.9 cm³/mol. The van der Waals surface area contributed by atoms with Crippen molar-refractivity contribution in [3.63, 3.8) is 0 Å². The molecule has 0 radical (unpaired) electrons. The molecule has 2 N–H and O–H groups in total. The topological polar surface area (TPSA) is 26.0 Å². The highest BCUT2D eigenvalue weighted by atomic mass is 35.5. The van der Waals surface area contributed by atoms with Crippen LogP contribution >= 0.6 is 24.2 Å². The van der Waals surface area contributed by atoms with Crippen LogP contribution in [0.4, 0.5) is 4.39 Å². The molecule has 1 aromatic rings. The fourth-order valence-corrected chi connectivity index (χ4v) is 2.14. The Bertz CT molecular complexity index is 334. The van der Waals surface area contributed by atoms with Crippen molar-refractivity contribution < 1.29 is 4.39 Å². The number of rotatable bonds is 5. The molecule has 0 heterocycles. The summed E-state index contributed by atoms with van der Waals surface area (Å²) in [7, 11) is 0. The van der Waals surface area contributed by atoms with Crippen LogP contribution in [0.25, 0.3) is 0 Å². The number of hydrogen-bond acceptors (Lipinski definition) is 2. The Hall–Kier alpha value is -0.250. The van der Waals surface area contributed by atoms with Crippen molar-refractivity contribution in [3.8, 4) is 0 Å². The van der Waals surface area contributed by atoms with E-state index >= 15 is 0 Å². The second kappa shape index (κ2) is 6.48. The van der Waals surface area contributed by atoms with Gasteiger partial charge in [0.2, 0.25) is 0 Å². The first-order valence-corrected chi connectivity index (χ1v) is 6.29. The molecule has 90 valence electrons. The predicted octanol–water partition coefficient (Wildman–Crippen LogP) is 3.83. The second-order valence-corrected chi connectivity index (χ2v) is 4.86. The third-order valence-corrected chi connectivity index (χ3v) is 3.23. The molecule has 4 heteroatoms. The van der Waals surface area contributed by atoms with E-state index in [1.54, 1.807) is 12.1 Å². The van der Waals surface area contributed by atoms with E-state index in [9.17, 15) is 4.39 Å². The molecular formula is C12H17ClFNS. The minimum Gasteiger partial charge on any atom is -0.328 e. The van der Waals surface area contributed by atoms with E-state index in [1.165, 1.54) is 0 Å². The van der Waals surface area contributed by atoms with Crippen LogP contribution in [0.3, 0.4) is 0 Å². The molecule has 0 saturated heterocycles. The lowest BCUT2D eigenvalue weighted by atomic mass is 10.0. The highest BCUT2D eigenvalue weighted by molar-refractivity contribution is 7.80. The van der Waals surface area contributed by atoms with Gasteiger partial charge in [-0.2, -0.15) is 0 Å². The van der Waals surface area contributed by atoms with Crippen molar-refractivity contribution in [3.05, 3.63) is 28.5 Å². The summed E-state index contributed by atoms with van der Waals surface area (Å²) in [6.07, 6.45) is 3.82. The smallest absolute Gasteiger partial charge is 0.155 e. The summed E-state index contributed by atoms with van der Waals surface area (Å²) in [5.41, 5.74) is 6.83. The van der Waals surface area contributed by atoms with Crippen LogP contribution in [0.15, 0.2) is 17.0 Å². The highest BCUT2D eigenvalue weighted by Crippen LogP contribution is 2.24. The summed E-state index contributed by atoms with van der Waals surface area (Å²) in [6.45, 7) is 2.07. The first kappa shape index (κ1) is 13.8. The van der Waals surface area contributed by atoms with Crippen LogP contribution in [-0.2, 0) is 6.42 Å². The number of nitrogens with two attached hydrogens (primary N) is 1. The fourth-order valence-electron chi connectivity index (χ4n) is 1.55. The van der Waals surface area contributed by atoms with Gasteiger partial charge in [-0.25, -0.2) is 4.39 Å². The SMILES string of the molecule is CCC(N)CCCc1cc(S)c(F)c(Cl)c1. The Labute approximate surface area is 107 Å². The maximum absolute atomic E-state index is 13.2. The molecule has 0 aromatic heterocycles. The molecule has 1 rings (SSSR count). The van der Waals surface area contributed by atoms with E-state index in [4.69, 9.17) is 17.3 Å². The zero-order valence-electron chi connectivity index (χ0n) is 9.34. The average Bonchev–Trinajstić information content (AvgIpc) is 2.25. The molecule has 0 aliphatic carbocycles. The lowest BCUT2D eigenvalue weighted by Crippen LogP contribution is -2.18. The van der Waals surface area contributed by atoms with E-state index in [1.807, 2.05) is 0 Å². The summed E-state index contributed by atoms with van der Waals surface area (Å²) < 4.78 is 13.2. The standard InChI is InChI=1S/C12H17ClFNS/c1-2-9(15)5-3-4-8-6-10(13)12(14)11(16)7-8/h6-7,9,16H,2-5,15H2,1H3. The van der Waals surface area contributed by atoms with E-state index in [2.05, 4.69) is 19.6 Å². The summed E-state index contributed by atoms with van der Waals surface area (Å²) in [4.78, 5) is 0.308. The van der Waals surface area contributed by atoms with E-state index in [-0.39, 0.29) is 11.1 Å². The van der Waals surface area contributed by atoms with Crippen molar-refractivity contribution in [1.82, 2.24) is 0 Å². The number of hydrogen-bond donors (Lipinski definition) is 2. The van der Waals surface area contributed by atoms with Gasteiger partial charge in [0.15, 0.2) is 5.82 Å². The van der Waals surface area contributed by atoms with Crippen molar-refractivity contribution in [2.75, 3.05) is 0 Å². The second-order valence-electron chi connectivity index (χ2n) is 3.97. The third kappa shape index (κ3) is 3.96. The Morgan fingerprint density at radius 1 is 1.50 bits per heavy atom. The number of thiol groups is 1. The normalized spacial score (nSPS) is 12.8. The van der Waals surface area contributed by atoms with Crippen molar-refractivity contribution >= 4 is 24.2 Å². The van der Waals surface area contributed by atoms with Gasteiger partial charge in [-0.05, 0) is 43.4 Å². The zero-order chi connectivity index (χ0) is 12.1. The summed E-state index contributed by atoms with van der Waals surface area (Å²) in [6, 6.07) is 3.64. The van der Waals surface area contributed by atoms with Gasteiger partial charge in [0, 0.05) is 10.9 Å². The molecule has 1 unspecified atom stereocenters. The molecule has 1 atom stereocenters. The number of benzene rings is 1. The summed E-state index contributed by atoms with van der Waals surface area (Å²) in [5.74, 6) is -0.445. The summed E-state index contributed by atoms with van der Waals surface area (Å²) in [5, 5.41) is 0.141. The van der Waals surface area contributed by atoms with E-state index in [0.29, 0.717) is 4.90 Å². The first-order chi connectivity index (χ1) is 7.54. The van der Waals surface area contributed by atoms with E-state index < -0.39 is 5.82 Å². The lowest BCUT2D eigenvalue weighted by molar-refractivity contribution is 0.566. The maximum Gasteiger partial charge on any atom is 0.155 e. The van der Waals surface area contributed by atoms with Gasteiger partial charge < -0.3 is 5.73 Å². The molecule has 0 aliphatic heterocycles. The van der Waals surface area contributed by atoms with Crippen molar-refractivity contribution in [1.29, 1.82) is 0 Å². The van der Waals surface area contributed by atoms with E-state index in [0.717, 1.165) is 31.2 Å². The monoisotopic (exact) mass is 261 g/mol. The molecule has 16 heavy (non-hydrogen) atoms. The largest absolute Gasteiger partial charge is 0.328 e. The summed E-state index contributed by atoms with van der Waals surface area (Å²) >= 11 is 9.77. The van der Waals surface area contributed by atoms with Gasteiger partial charge >= 0.3 is 0 Å². The Kier molecular flexibility index (Phi) is 5.59. The highest BCUT2D eigenvalue weighted by Gasteiger charge is 2.07. The molecule has 0 fully saturated rings. The van der Waals surface area contributed by atoms with Crippen LogP contribution < -0.4 is 5.73 Å². The number of aryl methyl sites for hydroxylation is 1. The fraction of sp³-hybridized carbons (Fsp3) is 0.500. The molecule has 0 amide bonds. The van der Waals surface area contributed by atoms with Crippen LogP contribution in [-0.4, -0.2) is 6.04 Å². The first-order valence-electron chi connectivity index (χ1n) is 5.47. The molecule has 0 saturated carbocycles. The van der Waals surface area contributed by atoms with Gasteiger partial charge in [0.1, 0.15) is 0 Å². The van der Waals surface area contributed by atoms with Crippen molar-refractivity contribution in [2.45, 2.75) is 43.5 Å². The third-order valence-electron chi connectivity index (χ3n) is 2.63. The zero-order valence-corrected chi connectivity index (χ0v) is 11.0. The average molecular weight is 262 g/mol. The molecule has 0 spiro atoms. The van der Waals surface area contributed by atoms with Gasteiger partial charge in [-0.15, -0.1) is 12.6 Å². The molecular weight excluding hydrogens is 245 g/mol. The van der Waals surface area contributed by atoms with Gasteiger partial charge in [-0.1, -0.05) is 18.5 Å². The Morgan fingerprint density at radius 2 is 2.19 bits per heavy atom. The van der Waals surface area contributed by atoms with Gasteiger partial charge in [0.25, 0.3) is 0 Å². The van der Waals surface area contributed by atoms with Crippen LogP contribution in [0, 0.1) is 5.82 Å².